The highest BCUT2D eigenvalue weighted by Gasteiger charge is 2.21. The summed E-state index contributed by atoms with van der Waals surface area (Å²) in [6, 6.07) is 8.57. The number of hydrogen-bond acceptors (Lipinski definition) is 3. The van der Waals surface area contributed by atoms with E-state index in [1.54, 1.807) is 0 Å². The van der Waals surface area contributed by atoms with Crippen molar-refractivity contribution in [1.29, 1.82) is 0 Å². The molecule has 1 aromatic heterocycles. The number of aliphatic hydroxyl groups is 1. The van der Waals surface area contributed by atoms with Gasteiger partial charge in [0.15, 0.2) is 0 Å². The summed E-state index contributed by atoms with van der Waals surface area (Å²) >= 11 is 0. The largest absolute Gasteiger partial charge is 0.459 e. The Kier molecular flexibility index (Phi) is 4.84. The van der Waals surface area contributed by atoms with Crippen LogP contribution in [0.1, 0.15) is 44.6 Å². The molecule has 2 atom stereocenters. The van der Waals surface area contributed by atoms with E-state index in [2.05, 4.69) is 39.1 Å². The minimum atomic E-state index is 0.140. The summed E-state index contributed by atoms with van der Waals surface area (Å²) in [5, 5.41) is 13.9. The van der Waals surface area contributed by atoms with Crippen LogP contribution < -0.4 is 5.32 Å². The minimum Gasteiger partial charge on any atom is -0.459 e. The smallest absolute Gasteiger partial charge is 0.134 e. The second kappa shape index (κ2) is 6.42. The standard InChI is InChI=1S/C17H25NO2/c1-11(2)15(9-10-19)18-13(4)17-12(3)14-7-5-6-8-16(14)20-17/h5-8,11,13,15,18-19H,9-10H2,1-4H3. The van der Waals surface area contributed by atoms with Crippen molar-refractivity contribution in [3.8, 4) is 0 Å². The molecule has 110 valence electrons. The molecule has 0 saturated carbocycles. The number of para-hydroxylation sites is 1. The fourth-order valence-electron chi connectivity index (χ4n) is 2.75. The molecular formula is C17H25NO2. The van der Waals surface area contributed by atoms with Crippen LogP contribution in [0.4, 0.5) is 0 Å². The van der Waals surface area contributed by atoms with Gasteiger partial charge in [-0.2, -0.15) is 0 Å². The summed E-state index contributed by atoms with van der Waals surface area (Å²) in [4.78, 5) is 0. The lowest BCUT2D eigenvalue weighted by Crippen LogP contribution is -2.36. The number of benzene rings is 1. The SMILES string of the molecule is Cc1c(C(C)NC(CCO)C(C)C)oc2ccccc12. The number of rotatable bonds is 6. The van der Waals surface area contributed by atoms with Gasteiger partial charge in [0.25, 0.3) is 0 Å². The predicted molar refractivity (Wildman–Crippen MR) is 82.8 cm³/mol. The molecular weight excluding hydrogens is 250 g/mol. The third kappa shape index (κ3) is 3.05. The monoisotopic (exact) mass is 275 g/mol. The number of aliphatic hydroxyl groups excluding tert-OH is 1. The Morgan fingerprint density at radius 2 is 1.90 bits per heavy atom. The molecule has 0 saturated heterocycles. The maximum Gasteiger partial charge on any atom is 0.134 e. The van der Waals surface area contributed by atoms with Crippen molar-refractivity contribution >= 4 is 11.0 Å². The highest BCUT2D eigenvalue weighted by Crippen LogP contribution is 2.29. The zero-order chi connectivity index (χ0) is 14.7. The predicted octanol–water partition coefficient (Wildman–Crippen LogP) is 3.80. The van der Waals surface area contributed by atoms with Crippen LogP contribution in [0.25, 0.3) is 11.0 Å². The molecule has 0 aliphatic carbocycles. The van der Waals surface area contributed by atoms with Crippen molar-refractivity contribution < 1.29 is 9.52 Å². The summed E-state index contributed by atoms with van der Waals surface area (Å²) in [6.07, 6.45) is 0.765. The molecule has 0 amide bonds. The van der Waals surface area contributed by atoms with Gasteiger partial charge in [-0.1, -0.05) is 32.0 Å². The number of hydrogen-bond donors (Lipinski definition) is 2. The normalized spacial score (nSPS) is 14.9. The van der Waals surface area contributed by atoms with Crippen molar-refractivity contribution in [2.24, 2.45) is 5.92 Å². The van der Waals surface area contributed by atoms with E-state index in [0.29, 0.717) is 12.0 Å². The number of fused-ring (bicyclic) bond motifs is 1. The van der Waals surface area contributed by atoms with E-state index in [4.69, 9.17) is 4.42 Å². The van der Waals surface area contributed by atoms with E-state index < -0.39 is 0 Å². The Morgan fingerprint density at radius 3 is 2.50 bits per heavy atom. The zero-order valence-electron chi connectivity index (χ0n) is 12.8. The van der Waals surface area contributed by atoms with Gasteiger partial charge in [0, 0.05) is 18.0 Å². The molecule has 0 spiro atoms. The highest BCUT2D eigenvalue weighted by molar-refractivity contribution is 5.82. The van der Waals surface area contributed by atoms with Crippen LogP contribution in [-0.4, -0.2) is 17.8 Å². The molecule has 0 aliphatic rings. The summed E-state index contributed by atoms with van der Waals surface area (Å²) in [5.41, 5.74) is 2.14. The average molecular weight is 275 g/mol. The molecule has 1 aromatic carbocycles. The molecule has 2 aromatic rings. The summed E-state index contributed by atoms with van der Waals surface area (Å²) in [7, 11) is 0. The number of aryl methyl sites for hydroxylation is 1. The van der Waals surface area contributed by atoms with E-state index in [0.717, 1.165) is 17.8 Å². The lowest BCUT2D eigenvalue weighted by Gasteiger charge is -2.25. The van der Waals surface area contributed by atoms with Gasteiger partial charge in [0.1, 0.15) is 11.3 Å². The maximum absolute atomic E-state index is 9.17. The Labute approximate surface area is 121 Å². The van der Waals surface area contributed by atoms with Crippen LogP contribution >= 0.6 is 0 Å². The molecule has 2 N–H and O–H groups in total. The molecule has 2 rings (SSSR count). The molecule has 2 unspecified atom stereocenters. The van der Waals surface area contributed by atoms with Crippen LogP contribution in [0.2, 0.25) is 0 Å². The van der Waals surface area contributed by atoms with Gasteiger partial charge in [0.2, 0.25) is 0 Å². The quantitative estimate of drug-likeness (QED) is 0.843. The minimum absolute atomic E-state index is 0.140. The summed E-state index contributed by atoms with van der Waals surface area (Å²) in [5.74, 6) is 1.48. The Balaban J connectivity index is 2.22. The molecule has 0 radical (unpaired) electrons. The van der Waals surface area contributed by atoms with Crippen LogP contribution in [-0.2, 0) is 0 Å². The Bertz CT molecular complexity index is 559. The average Bonchev–Trinajstić information content (AvgIpc) is 2.76. The fourth-order valence-corrected chi connectivity index (χ4v) is 2.75. The maximum atomic E-state index is 9.17. The highest BCUT2D eigenvalue weighted by atomic mass is 16.3. The van der Waals surface area contributed by atoms with Gasteiger partial charge >= 0.3 is 0 Å². The fraction of sp³-hybridized carbons (Fsp3) is 0.529. The van der Waals surface area contributed by atoms with Crippen LogP contribution in [0, 0.1) is 12.8 Å². The molecule has 0 aliphatic heterocycles. The molecule has 20 heavy (non-hydrogen) atoms. The van der Waals surface area contributed by atoms with E-state index in [9.17, 15) is 5.11 Å². The van der Waals surface area contributed by atoms with E-state index >= 15 is 0 Å². The van der Waals surface area contributed by atoms with Crippen LogP contribution in [0.3, 0.4) is 0 Å². The van der Waals surface area contributed by atoms with Crippen molar-refractivity contribution in [2.75, 3.05) is 6.61 Å². The topological polar surface area (TPSA) is 45.4 Å². The Hall–Kier alpha value is -1.32. The lowest BCUT2D eigenvalue weighted by atomic mass is 9.99. The van der Waals surface area contributed by atoms with Crippen LogP contribution in [0.15, 0.2) is 28.7 Å². The third-order valence-corrected chi connectivity index (χ3v) is 3.98. The number of nitrogens with one attached hydrogen (secondary N) is 1. The van der Waals surface area contributed by atoms with Crippen molar-refractivity contribution in [3.05, 3.63) is 35.6 Å². The van der Waals surface area contributed by atoms with Gasteiger partial charge in [-0.15, -0.1) is 0 Å². The summed E-state index contributed by atoms with van der Waals surface area (Å²) in [6.45, 7) is 8.78. The first-order valence-corrected chi connectivity index (χ1v) is 7.39. The van der Waals surface area contributed by atoms with Gasteiger partial charge < -0.3 is 14.8 Å². The first-order valence-electron chi connectivity index (χ1n) is 7.39. The molecule has 3 heteroatoms. The first kappa shape index (κ1) is 15.1. The van der Waals surface area contributed by atoms with Crippen molar-refractivity contribution in [1.82, 2.24) is 5.32 Å². The molecule has 0 bridgehead atoms. The Morgan fingerprint density at radius 1 is 1.20 bits per heavy atom. The van der Waals surface area contributed by atoms with Crippen molar-refractivity contribution in [3.63, 3.8) is 0 Å². The molecule has 3 nitrogen and oxygen atoms in total. The van der Waals surface area contributed by atoms with E-state index in [-0.39, 0.29) is 12.6 Å². The molecule has 1 heterocycles. The van der Waals surface area contributed by atoms with Gasteiger partial charge in [-0.3, -0.25) is 0 Å². The number of furan rings is 1. The third-order valence-electron chi connectivity index (χ3n) is 3.98. The second-order valence-electron chi connectivity index (χ2n) is 5.84. The first-order chi connectivity index (χ1) is 9.54. The lowest BCUT2D eigenvalue weighted by molar-refractivity contribution is 0.233. The van der Waals surface area contributed by atoms with Gasteiger partial charge in [0.05, 0.1) is 6.04 Å². The van der Waals surface area contributed by atoms with Crippen molar-refractivity contribution in [2.45, 2.75) is 46.2 Å². The summed E-state index contributed by atoms with van der Waals surface area (Å²) < 4.78 is 5.99. The van der Waals surface area contributed by atoms with Gasteiger partial charge in [-0.05, 0) is 37.8 Å². The zero-order valence-corrected chi connectivity index (χ0v) is 12.8. The molecule has 0 fully saturated rings. The second-order valence-corrected chi connectivity index (χ2v) is 5.84. The van der Waals surface area contributed by atoms with E-state index in [1.165, 1.54) is 10.9 Å². The van der Waals surface area contributed by atoms with E-state index in [1.807, 2.05) is 18.2 Å². The van der Waals surface area contributed by atoms with Crippen LogP contribution in [0.5, 0.6) is 0 Å². The van der Waals surface area contributed by atoms with Gasteiger partial charge in [-0.25, -0.2) is 0 Å².